The smallest absolute Gasteiger partial charge is 0.278 e. The number of nitrogens with one attached hydrogen (secondary N) is 1. The highest BCUT2D eigenvalue weighted by atomic mass is 16.2. The molecule has 0 saturated carbocycles. The second-order valence-corrected chi connectivity index (χ2v) is 8.50. The number of hydrogen-bond donors (Lipinski definition) is 1. The molecule has 1 N–H and O–H groups in total. The highest BCUT2D eigenvalue weighted by Crippen LogP contribution is 2.26. The van der Waals surface area contributed by atoms with Crippen molar-refractivity contribution in [2.45, 2.75) is 48.5 Å². The molecule has 0 spiro atoms. The number of rotatable bonds is 7. The number of amides is 1. The Morgan fingerprint density at radius 3 is 2.07 bits per heavy atom. The van der Waals surface area contributed by atoms with E-state index in [1.54, 1.807) is 20.8 Å². The highest BCUT2D eigenvalue weighted by molar-refractivity contribution is 6.68. The van der Waals surface area contributed by atoms with E-state index in [4.69, 9.17) is 0 Å². The van der Waals surface area contributed by atoms with Gasteiger partial charge in [-0.2, -0.15) is 0 Å². The van der Waals surface area contributed by atoms with Gasteiger partial charge >= 0.3 is 0 Å². The van der Waals surface area contributed by atoms with Gasteiger partial charge in [0.1, 0.15) is 0 Å². The highest BCUT2D eigenvalue weighted by Gasteiger charge is 2.31. The maximum atomic E-state index is 13.0. The van der Waals surface area contributed by atoms with Gasteiger partial charge in [0.25, 0.3) is 5.91 Å². The lowest BCUT2D eigenvalue weighted by atomic mass is 9.87. The Kier molecular flexibility index (Phi) is 7.54. The first-order valence-corrected chi connectivity index (χ1v) is 10.4. The molecule has 2 aromatic carbocycles. The van der Waals surface area contributed by atoms with Gasteiger partial charge in [-0.15, -0.1) is 0 Å². The average molecular weight is 408 g/mol. The summed E-state index contributed by atoms with van der Waals surface area (Å²) in [6.45, 7) is 15.3. The lowest BCUT2D eigenvalue weighted by Crippen LogP contribution is -2.37. The van der Waals surface area contributed by atoms with E-state index in [1.807, 2.05) is 56.3 Å². The van der Waals surface area contributed by atoms with Gasteiger partial charge < -0.3 is 10.2 Å². The molecule has 0 aliphatic heterocycles. The molecule has 5 nitrogen and oxygen atoms in total. The molecule has 5 heteroatoms. The Hall–Kier alpha value is -2.95. The van der Waals surface area contributed by atoms with Crippen LogP contribution in [-0.2, 0) is 9.59 Å². The minimum Gasteiger partial charge on any atom is -0.372 e. The van der Waals surface area contributed by atoms with Gasteiger partial charge in [-0.1, -0.05) is 38.5 Å². The van der Waals surface area contributed by atoms with E-state index in [9.17, 15) is 9.59 Å². The topological polar surface area (TPSA) is 61.8 Å². The van der Waals surface area contributed by atoms with Crippen molar-refractivity contribution in [1.82, 2.24) is 0 Å². The molecule has 0 saturated heterocycles. The summed E-state index contributed by atoms with van der Waals surface area (Å²) in [6.07, 6.45) is 0. The summed E-state index contributed by atoms with van der Waals surface area (Å²) in [4.78, 5) is 32.8. The second-order valence-electron chi connectivity index (χ2n) is 8.50. The zero-order chi connectivity index (χ0) is 22.5. The quantitative estimate of drug-likeness (QED) is 0.488. The van der Waals surface area contributed by atoms with Crippen LogP contribution in [0.3, 0.4) is 0 Å². The number of carbonyl (C=O) groups is 2. The number of nitrogens with zero attached hydrogens (tertiary/aromatic N) is 2. The molecule has 30 heavy (non-hydrogen) atoms. The third kappa shape index (κ3) is 5.78. The van der Waals surface area contributed by atoms with Crippen molar-refractivity contribution < 1.29 is 9.59 Å². The van der Waals surface area contributed by atoms with Gasteiger partial charge in [-0.05, 0) is 63.6 Å². The van der Waals surface area contributed by atoms with Crippen molar-refractivity contribution in [2.75, 3.05) is 23.3 Å². The van der Waals surface area contributed by atoms with Crippen molar-refractivity contribution in [3.63, 3.8) is 0 Å². The molecule has 1 amide bonds. The second kappa shape index (κ2) is 9.70. The van der Waals surface area contributed by atoms with Crippen LogP contribution in [0.15, 0.2) is 47.5 Å². The Morgan fingerprint density at radius 2 is 1.57 bits per heavy atom. The Labute approximate surface area is 180 Å². The van der Waals surface area contributed by atoms with E-state index >= 15 is 0 Å². The largest absolute Gasteiger partial charge is 0.372 e. The minimum atomic E-state index is -0.724. The van der Waals surface area contributed by atoms with Gasteiger partial charge in [-0.25, -0.2) is 4.99 Å². The minimum absolute atomic E-state index is 0.0817. The number of anilines is 2. The molecular weight excluding hydrogens is 374 g/mol. The van der Waals surface area contributed by atoms with E-state index in [-0.39, 0.29) is 11.5 Å². The summed E-state index contributed by atoms with van der Waals surface area (Å²) in [7, 11) is 0. The Balaban J connectivity index is 2.44. The first kappa shape index (κ1) is 23.3. The van der Waals surface area contributed by atoms with Crippen molar-refractivity contribution in [1.29, 1.82) is 0 Å². The fourth-order valence-corrected chi connectivity index (χ4v) is 3.06. The van der Waals surface area contributed by atoms with Crippen molar-refractivity contribution in [3.8, 4) is 0 Å². The first-order valence-electron chi connectivity index (χ1n) is 10.4. The summed E-state index contributed by atoms with van der Waals surface area (Å²) >= 11 is 0. The lowest BCUT2D eigenvalue weighted by molar-refractivity contribution is -0.121. The van der Waals surface area contributed by atoms with Crippen molar-refractivity contribution in [3.05, 3.63) is 53.6 Å². The Bertz CT molecular complexity index is 934. The van der Waals surface area contributed by atoms with Crippen LogP contribution in [0.1, 0.15) is 45.7 Å². The van der Waals surface area contributed by atoms with Crippen LogP contribution >= 0.6 is 0 Å². The molecule has 0 aliphatic carbocycles. The molecule has 160 valence electrons. The van der Waals surface area contributed by atoms with Gasteiger partial charge in [-0.3, -0.25) is 9.59 Å². The monoisotopic (exact) mass is 407 g/mol. The third-order valence-corrected chi connectivity index (χ3v) is 4.96. The van der Waals surface area contributed by atoms with E-state index in [1.165, 1.54) is 0 Å². The van der Waals surface area contributed by atoms with Gasteiger partial charge in [0.05, 0.1) is 5.69 Å². The molecule has 0 aromatic heterocycles. The Morgan fingerprint density at radius 1 is 0.967 bits per heavy atom. The van der Waals surface area contributed by atoms with Crippen LogP contribution in [0, 0.1) is 19.3 Å². The standard InChI is InChI=1S/C25H33N3O2/c1-8-28(9-2)20-14-15-21(18(4)16-20)27-22(23(29)25(5,6)7)24(30)26-19-12-10-17(3)11-13-19/h10-16H,8-9H2,1-7H3,(H,26,30). The van der Waals surface area contributed by atoms with E-state index in [2.05, 4.69) is 29.1 Å². The summed E-state index contributed by atoms with van der Waals surface area (Å²) in [5.41, 5.74) is 3.56. The van der Waals surface area contributed by atoms with Crippen molar-refractivity contribution >= 4 is 34.5 Å². The number of hydrogen-bond acceptors (Lipinski definition) is 4. The third-order valence-electron chi connectivity index (χ3n) is 4.96. The first-order chi connectivity index (χ1) is 14.1. The SMILES string of the molecule is CCN(CC)c1ccc(N=C(C(=O)Nc2ccc(C)cc2)C(=O)C(C)(C)C)c(C)c1. The molecule has 2 rings (SSSR count). The maximum Gasteiger partial charge on any atom is 0.278 e. The van der Waals surface area contributed by atoms with Crippen LogP contribution in [0.25, 0.3) is 0 Å². The van der Waals surface area contributed by atoms with Gasteiger partial charge in [0, 0.05) is 29.9 Å². The number of aryl methyl sites for hydroxylation is 2. The van der Waals surface area contributed by atoms with E-state index in [0.717, 1.165) is 29.9 Å². The summed E-state index contributed by atoms with van der Waals surface area (Å²) < 4.78 is 0. The van der Waals surface area contributed by atoms with Gasteiger partial charge in [0.15, 0.2) is 11.5 Å². The van der Waals surface area contributed by atoms with Crippen LogP contribution in [-0.4, -0.2) is 30.5 Å². The number of ketones is 1. The van der Waals surface area contributed by atoms with Crippen LogP contribution in [0.2, 0.25) is 0 Å². The average Bonchev–Trinajstić information content (AvgIpc) is 2.68. The predicted octanol–water partition coefficient (Wildman–Crippen LogP) is 5.48. The predicted molar refractivity (Wildman–Crippen MR) is 126 cm³/mol. The molecule has 0 radical (unpaired) electrons. The van der Waals surface area contributed by atoms with E-state index < -0.39 is 11.3 Å². The zero-order valence-corrected chi connectivity index (χ0v) is 19.2. The number of benzene rings is 2. The number of Topliss-reactive ketones (excluding diaryl/α,β-unsaturated/α-hetero) is 1. The molecule has 2 aromatic rings. The maximum absolute atomic E-state index is 13.0. The molecule has 0 aliphatic rings. The van der Waals surface area contributed by atoms with Crippen LogP contribution in [0.5, 0.6) is 0 Å². The number of aliphatic imine (C=N–C) groups is 1. The van der Waals surface area contributed by atoms with Crippen LogP contribution < -0.4 is 10.2 Å². The summed E-state index contributed by atoms with van der Waals surface area (Å²) in [5.74, 6) is -0.787. The fraction of sp³-hybridized carbons (Fsp3) is 0.400. The van der Waals surface area contributed by atoms with Gasteiger partial charge in [0.2, 0.25) is 0 Å². The fourth-order valence-electron chi connectivity index (χ4n) is 3.06. The van der Waals surface area contributed by atoms with Crippen LogP contribution in [0.4, 0.5) is 17.1 Å². The normalized spacial score (nSPS) is 11.9. The molecule has 0 unspecified atom stereocenters. The summed E-state index contributed by atoms with van der Waals surface area (Å²) in [6, 6.07) is 13.4. The zero-order valence-electron chi connectivity index (χ0n) is 19.2. The molecule has 0 atom stereocenters. The van der Waals surface area contributed by atoms with Crippen molar-refractivity contribution in [2.24, 2.45) is 10.4 Å². The summed E-state index contributed by atoms with van der Waals surface area (Å²) in [5, 5.41) is 2.81. The molecule has 0 fully saturated rings. The molecule has 0 heterocycles. The molecule has 0 bridgehead atoms. The van der Waals surface area contributed by atoms with E-state index in [0.29, 0.717) is 11.4 Å². The molecular formula is C25H33N3O2. The number of carbonyl (C=O) groups excluding carboxylic acids is 2. The lowest BCUT2D eigenvalue weighted by Gasteiger charge is -2.22.